The summed E-state index contributed by atoms with van der Waals surface area (Å²) in [6.07, 6.45) is 6.57. The molecule has 1 unspecified atom stereocenters. The van der Waals surface area contributed by atoms with E-state index in [-0.39, 0.29) is 5.41 Å². The molecule has 0 spiro atoms. The van der Waals surface area contributed by atoms with Crippen molar-refractivity contribution in [1.82, 2.24) is 4.90 Å². The van der Waals surface area contributed by atoms with Gasteiger partial charge in [-0.15, -0.1) is 0 Å². The SMILES string of the molecule is CC(C)(C)c1ccc(C[N+]2=CC3CCCCN3C2)cc1. The minimum atomic E-state index is 0.249. The van der Waals surface area contributed by atoms with Gasteiger partial charge in [0.25, 0.3) is 0 Å². The van der Waals surface area contributed by atoms with Gasteiger partial charge in [-0.25, -0.2) is 9.48 Å². The van der Waals surface area contributed by atoms with E-state index >= 15 is 0 Å². The van der Waals surface area contributed by atoms with Gasteiger partial charge in [-0.05, 0) is 23.8 Å². The van der Waals surface area contributed by atoms with Crippen LogP contribution in [0, 0.1) is 0 Å². The van der Waals surface area contributed by atoms with Crippen molar-refractivity contribution in [3.63, 3.8) is 0 Å². The topological polar surface area (TPSA) is 6.25 Å². The molecular formula is C18H27N2+. The number of fused-ring (bicyclic) bond motifs is 1. The van der Waals surface area contributed by atoms with Crippen molar-refractivity contribution in [3.8, 4) is 0 Å². The Morgan fingerprint density at radius 2 is 1.90 bits per heavy atom. The molecule has 1 fully saturated rings. The molecule has 0 radical (unpaired) electrons. The molecule has 2 nitrogen and oxygen atoms in total. The smallest absolute Gasteiger partial charge is 0.199 e. The van der Waals surface area contributed by atoms with E-state index in [1.807, 2.05) is 0 Å². The van der Waals surface area contributed by atoms with Crippen LogP contribution in [0.4, 0.5) is 0 Å². The standard InChI is InChI=1S/C18H27N2/c1-18(2,3)16-9-7-15(8-10-16)12-19-13-17-6-4-5-11-20(17)14-19/h7-10,13,17H,4-6,11-12,14H2,1-3H3/q+1. The van der Waals surface area contributed by atoms with Crippen molar-refractivity contribution in [3.05, 3.63) is 35.4 Å². The van der Waals surface area contributed by atoms with Gasteiger partial charge in [0.2, 0.25) is 0 Å². The van der Waals surface area contributed by atoms with Crippen molar-refractivity contribution < 1.29 is 4.58 Å². The number of rotatable bonds is 2. The molecule has 1 saturated heterocycles. The summed E-state index contributed by atoms with van der Waals surface area (Å²) in [6, 6.07) is 9.88. The van der Waals surface area contributed by atoms with Crippen molar-refractivity contribution in [2.24, 2.45) is 0 Å². The largest absolute Gasteiger partial charge is 0.236 e. The fourth-order valence-corrected chi connectivity index (χ4v) is 3.33. The molecule has 20 heavy (non-hydrogen) atoms. The summed E-state index contributed by atoms with van der Waals surface area (Å²) in [5.74, 6) is 0. The number of hydrogen-bond acceptors (Lipinski definition) is 1. The monoisotopic (exact) mass is 271 g/mol. The fourth-order valence-electron chi connectivity index (χ4n) is 3.33. The van der Waals surface area contributed by atoms with Crippen LogP contribution in [0.25, 0.3) is 0 Å². The van der Waals surface area contributed by atoms with Gasteiger partial charge < -0.3 is 0 Å². The van der Waals surface area contributed by atoms with E-state index in [0.717, 1.165) is 13.2 Å². The zero-order valence-electron chi connectivity index (χ0n) is 13.1. The van der Waals surface area contributed by atoms with Gasteiger partial charge in [0.15, 0.2) is 19.4 Å². The minimum absolute atomic E-state index is 0.249. The van der Waals surface area contributed by atoms with Crippen molar-refractivity contribution >= 4 is 6.21 Å². The number of benzene rings is 1. The molecule has 2 heteroatoms. The van der Waals surface area contributed by atoms with E-state index in [2.05, 4.69) is 60.7 Å². The lowest BCUT2D eigenvalue weighted by atomic mass is 9.87. The Kier molecular flexibility index (Phi) is 3.68. The Hall–Kier alpha value is -1.15. The van der Waals surface area contributed by atoms with E-state index in [9.17, 15) is 0 Å². The molecule has 1 atom stereocenters. The number of hydrogen-bond donors (Lipinski definition) is 0. The molecule has 0 aromatic heterocycles. The summed E-state index contributed by atoms with van der Waals surface area (Å²) in [6.45, 7) is 10.3. The summed E-state index contributed by atoms with van der Waals surface area (Å²) < 4.78 is 2.49. The molecule has 108 valence electrons. The average Bonchev–Trinajstić information content (AvgIpc) is 2.80. The second-order valence-electron chi connectivity index (χ2n) is 7.36. The predicted octanol–water partition coefficient (Wildman–Crippen LogP) is 3.39. The lowest BCUT2D eigenvalue weighted by Gasteiger charge is -2.24. The van der Waals surface area contributed by atoms with E-state index in [1.165, 1.54) is 36.9 Å². The predicted molar refractivity (Wildman–Crippen MR) is 84.4 cm³/mol. The van der Waals surface area contributed by atoms with E-state index in [0.29, 0.717) is 6.04 Å². The van der Waals surface area contributed by atoms with Crippen molar-refractivity contribution in [2.75, 3.05) is 13.2 Å². The lowest BCUT2D eigenvalue weighted by Crippen LogP contribution is -2.36. The van der Waals surface area contributed by atoms with Crippen LogP contribution in [0.2, 0.25) is 0 Å². The van der Waals surface area contributed by atoms with E-state index in [4.69, 9.17) is 0 Å². The molecular weight excluding hydrogens is 244 g/mol. The van der Waals surface area contributed by atoms with Gasteiger partial charge in [-0.2, -0.15) is 0 Å². The average molecular weight is 271 g/mol. The molecule has 1 aromatic rings. The van der Waals surface area contributed by atoms with Gasteiger partial charge in [0, 0.05) is 12.1 Å². The van der Waals surface area contributed by atoms with E-state index in [1.54, 1.807) is 0 Å². The van der Waals surface area contributed by atoms with Gasteiger partial charge in [0.1, 0.15) is 0 Å². The van der Waals surface area contributed by atoms with Crippen LogP contribution in [-0.4, -0.2) is 34.9 Å². The van der Waals surface area contributed by atoms with Gasteiger partial charge in [-0.3, -0.25) is 0 Å². The molecule has 1 aromatic carbocycles. The maximum Gasteiger partial charge on any atom is 0.199 e. The Morgan fingerprint density at radius 1 is 1.15 bits per heavy atom. The second-order valence-corrected chi connectivity index (χ2v) is 7.36. The van der Waals surface area contributed by atoms with Crippen LogP contribution in [0.3, 0.4) is 0 Å². The molecule has 2 heterocycles. The maximum atomic E-state index is 2.62. The highest BCUT2D eigenvalue weighted by Gasteiger charge is 2.32. The first kappa shape index (κ1) is 13.8. The molecule has 0 saturated carbocycles. The second kappa shape index (κ2) is 5.33. The van der Waals surface area contributed by atoms with E-state index < -0.39 is 0 Å². The van der Waals surface area contributed by atoms with Crippen molar-refractivity contribution in [2.45, 2.75) is 58.0 Å². The molecule has 0 bridgehead atoms. The van der Waals surface area contributed by atoms with Crippen LogP contribution in [0.1, 0.15) is 51.2 Å². The first-order chi connectivity index (χ1) is 9.52. The van der Waals surface area contributed by atoms with Gasteiger partial charge >= 0.3 is 0 Å². The Morgan fingerprint density at radius 3 is 2.55 bits per heavy atom. The lowest BCUT2D eigenvalue weighted by molar-refractivity contribution is -0.547. The number of piperidine rings is 1. The molecule has 0 aliphatic carbocycles. The normalized spacial score (nSPS) is 23.6. The highest BCUT2D eigenvalue weighted by atomic mass is 15.3. The third-order valence-electron chi connectivity index (χ3n) is 4.62. The van der Waals surface area contributed by atoms with Gasteiger partial charge in [0.05, 0.1) is 6.04 Å². The fraction of sp³-hybridized carbons (Fsp3) is 0.611. The summed E-state index contributed by atoms with van der Waals surface area (Å²) in [5.41, 5.74) is 3.09. The van der Waals surface area contributed by atoms with Gasteiger partial charge in [-0.1, -0.05) is 51.5 Å². The summed E-state index contributed by atoms with van der Waals surface area (Å²) >= 11 is 0. The van der Waals surface area contributed by atoms with Crippen molar-refractivity contribution in [1.29, 1.82) is 0 Å². The maximum absolute atomic E-state index is 2.62. The Bertz CT molecular complexity index is 493. The highest BCUT2D eigenvalue weighted by Crippen LogP contribution is 2.23. The van der Waals surface area contributed by atoms with Crippen LogP contribution in [0.15, 0.2) is 24.3 Å². The molecule has 3 rings (SSSR count). The Balaban J connectivity index is 1.66. The molecule has 2 aliphatic rings. The highest BCUT2D eigenvalue weighted by molar-refractivity contribution is 5.60. The third kappa shape index (κ3) is 2.95. The molecule has 0 N–H and O–H groups in total. The van der Waals surface area contributed by atoms with Crippen LogP contribution < -0.4 is 0 Å². The quantitative estimate of drug-likeness (QED) is 0.747. The summed E-state index contributed by atoms with van der Waals surface area (Å²) in [4.78, 5) is 2.62. The zero-order valence-corrected chi connectivity index (χ0v) is 13.1. The first-order valence-corrected chi connectivity index (χ1v) is 7.95. The Labute approximate surface area is 123 Å². The van der Waals surface area contributed by atoms with Crippen LogP contribution in [-0.2, 0) is 12.0 Å². The number of nitrogens with zero attached hydrogens (tertiary/aromatic N) is 2. The molecule has 2 aliphatic heterocycles. The van der Waals surface area contributed by atoms with Crippen LogP contribution in [0.5, 0.6) is 0 Å². The summed E-state index contributed by atoms with van der Waals surface area (Å²) in [5, 5.41) is 0. The van der Waals surface area contributed by atoms with Crippen LogP contribution >= 0.6 is 0 Å². The zero-order chi connectivity index (χ0) is 14.2. The summed E-state index contributed by atoms with van der Waals surface area (Å²) in [7, 11) is 0. The third-order valence-corrected chi connectivity index (χ3v) is 4.62. The minimum Gasteiger partial charge on any atom is -0.236 e. The first-order valence-electron chi connectivity index (χ1n) is 7.95. The molecule has 0 amide bonds.